The van der Waals surface area contributed by atoms with E-state index in [1.807, 2.05) is 6.92 Å². The van der Waals surface area contributed by atoms with Crippen LogP contribution in [0.15, 0.2) is 32.7 Å². The number of hydrogen-bond donors (Lipinski definition) is 2. The molecule has 0 bridgehead atoms. The van der Waals surface area contributed by atoms with Crippen LogP contribution in [0.2, 0.25) is 0 Å². The lowest BCUT2D eigenvalue weighted by Gasteiger charge is -2.17. The number of aliphatic carboxylic acids is 1. The van der Waals surface area contributed by atoms with Gasteiger partial charge in [0, 0.05) is 11.8 Å². The molecule has 1 aromatic heterocycles. The molecule has 0 amide bonds. The third-order valence-corrected chi connectivity index (χ3v) is 5.77. The first-order chi connectivity index (χ1) is 11.2. The lowest BCUT2D eigenvalue weighted by molar-refractivity contribution is -0.140. The van der Waals surface area contributed by atoms with E-state index >= 15 is 0 Å². The maximum Gasteiger partial charge on any atom is 0.322 e. The van der Waals surface area contributed by atoms with E-state index in [9.17, 15) is 13.2 Å². The number of carbonyl (C=O) groups is 1. The van der Waals surface area contributed by atoms with Crippen molar-refractivity contribution in [2.75, 3.05) is 5.75 Å². The van der Waals surface area contributed by atoms with Crippen molar-refractivity contribution in [3.05, 3.63) is 18.2 Å². The molecule has 0 radical (unpaired) electrons. The number of sulfonamides is 1. The molecule has 7 nitrogen and oxygen atoms in total. The molecule has 0 aliphatic rings. The molecule has 0 spiro atoms. The lowest BCUT2D eigenvalue weighted by Crippen LogP contribution is -2.44. The third kappa shape index (κ3) is 4.28. The van der Waals surface area contributed by atoms with E-state index in [2.05, 4.69) is 9.71 Å². The van der Waals surface area contributed by atoms with Crippen molar-refractivity contribution in [3.8, 4) is 0 Å². The Morgan fingerprint density at radius 1 is 1.42 bits per heavy atom. The standard InChI is InChI=1S/C15H20N2O5S2/c1-4-7-23-15-16-11-6-5-10(8-12(11)22-15)24(20,21)17-13(9(2)3)14(18)19/h5-6,8-9,13,17H,4,7H2,1-3H3,(H,18,19). The molecule has 9 heteroatoms. The summed E-state index contributed by atoms with van der Waals surface area (Å²) in [5.74, 6) is -0.746. The van der Waals surface area contributed by atoms with Crippen LogP contribution in [-0.4, -0.2) is 36.3 Å². The van der Waals surface area contributed by atoms with Gasteiger partial charge in [-0.05, 0) is 24.5 Å². The minimum Gasteiger partial charge on any atom is -0.480 e. The Morgan fingerprint density at radius 3 is 2.71 bits per heavy atom. The summed E-state index contributed by atoms with van der Waals surface area (Å²) in [6, 6.07) is 3.10. The van der Waals surface area contributed by atoms with Gasteiger partial charge in [0.2, 0.25) is 10.0 Å². The lowest BCUT2D eigenvalue weighted by atomic mass is 10.1. The maximum absolute atomic E-state index is 12.4. The fourth-order valence-corrected chi connectivity index (χ4v) is 4.05. The van der Waals surface area contributed by atoms with Crippen LogP contribution in [0, 0.1) is 5.92 Å². The van der Waals surface area contributed by atoms with Crippen LogP contribution in [0.5, 0.6) is 0 Å². The van der Waals surface area contributed by atoms with Crippen molar-refractivity contribution >= 4 is 38.9 Å². The van der Waals surface area contributed by atoms with Crippen molar-refractivity contribution in [3.63, 3.8) is 0 Å². The number of aromatic nitrogens is 1. The SMILES string of the molecule is CCCSc1nc2ccc(S(=O)(=O)NC(C(=O)O)C(C)C)cc2o1. The second-order valence-corrected chi connectivity index (χ2v) is 8.40. The summed E-state index contributed by atoms with van der Waals surface area (Å²) >= 11 is 1.46. The van der Waals surface area contributed by atoms with Crippen LogP contribution in [0.3, 0.4) is 0 Å². The fourth-order valence-electron chi connectivity index (χ4n) is 2.01. The number of carboxylic acids is 1. The monoisotopic (exact) mass is 372 g/mol. The highest BCUT2D eigenvalue weighted by Crippen LogP contribution is 2.26. The largest absolute Gasteiger partial charge is 0.480 e. The molecule has 0 aliphatic carbocycles. The zero-order chi connectivity index (χ0) is 17.9. The zero-order valence-corrected chi connectivity index (χ0v) is 15.3. The van der Waals surface area contributed by atoms with Gasteiger partial charge in [-0.3, -0.25) is 4.79 Å². The number of nitrogens with zero attached hydrogens (tertiary/aromatic N) is 1. The van der Waals surface area contributed by atoms with Crippen LogP contribution in [0.4, 0.5) is 0 Å². The maximum atomic E-state index is 12.4. The van der Waals surface area contributed by atoms with E-state index in [1.54, 1.807) is 19.9 Å². The highest BCUT2D eigenvalue weighted by molar-refractivity contribution is 7.99. The van der Waals surface area contributed by atoms with Gasteiger partial charge in [0.1, 0.15) is 11.6 Å². The average Bonchev–Trinajstić information content (AvgIpc) is 2.92. The molecular weight excluding hydrogens is 352 g/mol. The van der Waals surface area contributed by atoms with Gasteiger partial charge in [-0.25, -0.2) is 13.4 Å². The quantitative estimate of drug-likeness (QED) is 0.686. The number of fused-ring (bicyclic) bond motifs is 1. The van der Waals surface area contributed by atoms with E-state index < -0.39 is 22.0 Å². The topological polar surface area (TPSA) is 110 Å². The molecule has 1 unspecified atom stereocenters. The molecule has 0 saturated heterocycles. The summed E-state index contributed by atoms with van der Waals surface area (Å²) in [4.78, 5) is 15.4. The summed E-state index contributed by atoms with van der Waals surface area (Å²) in [7, 11) is -3.97. The fraction of sp³-hybridized carbons (Fsp3) is 0.467. The van der Waals surface area contributed by atoms with Crippen LogP contribution < -0.4 is 4.72 Å². The number of benzene rings is 1. The molecule has 2 rings (SSSR count). The Hall–Kier alpha value is -1.58. The number of rotatable bonds is 8. The first-order valence-corrected chi connectivity index (χ1v) is 10.00. The molecule has 0 saturated carbocycles. The molecule has 0 fully saturated rings. The summed E-state index contributed by atoms with van der Waals surface area (Å²) in [5.41, 5.74) is 0.916. The van der Waals surface area contributed by atoms with Crippen molar-refractivity contribution in [2.24, 2.45) is 5.92 Å². The van der Waals surface area contributed by atoms with Crippen molar-refractivity contribution in [2.45, 2.75) is 43.4 Å². The highest BCUT2D eigenvalue weighted by atomic mass is 32.2. The normalized spacial score (nSPS) is 13.5. The number of nitrogens with one attached hydrogen (secondary N) is 1. The molecular formula is C15H20N2O5S2. The smallest absolute Gasteiger partial charge is 0.322 e. The number of thioether (sulfide) groups is 1. The first kappa shape index (κ1) is 18.8. The predicted octanol–water partition coefficient (Wildman–Crippen LogP) is 2.72. The Kier molecular flexibility index (Phi) is 5.89. The van der Waals surface area contributed by atoms with Crippen LogP contribution in [0.1, 0.15) is 27.2 Å². The van der Waals surface area contributed by atoms with Gasteiger partial charge in [0.05, 0.1) is 4.90 Å². The average molecular weight is 372 g/mol. The van der Waals surface area contributed by atoms with Crippen molar-refractivity contribution < 1.29 is 22.7 Å². The van der Waals surface area contributed by atoms with Gasteiger partial charge in [0.25, 0.3) is 5.22 Å². The Labute approximate surface area is 144 Å². The predicted molar refractivity (Wildman–Crippen MR) is 91.6 cm³/mol. The Balaban J connectivity index is 2.31. The highest BCUT2D eigenvalue weighted by Gasteiger charge is 2.28. The second kappa shape index (κ2) is 7.54. The molecule has 2 aromatic rings. The molecule has 0 aliphatic heterocycles. The van der Waals surface area contributed by atoms with Crippen molar-refractivity contribution in [1.29, 1.82) is 0 Å². The van der Waals surface area contributed by atoms with Gasteiger partial charge in [-0.15, -0.1) is 0 Å². The van der Waals surface area contributed by atoms with Gasteiger partial charge in [-0.2, -0.15) is 4.72 Å². The first-order valence-electron chi connectivity index (χ1n) is 7.53. The molecule has 2 N–H and O–H groups in total. The van der Waals surface area contributed by atoms with E-state index in [1.165, 1.54) is 23.9 Å². The van der Waals surface area contributed by atoms with Crippen LogP contribution in [0.25, 0.3) is 11.1 Å². The summed E-state index contributed by atoms with van der Waals surface area (Å²) in [5, 5.41) is 9.64. The van der Waals surface area contributed by atoms with E-state index in [0.29, 0.717) is 16.3 Å². The summed E-state index contributed by atoms with van der Waals surface area (Å²) in [6.45, 7) is 5.32. The molecule has 1 aromatic carbocycles. The summed E-state index contributed by atoms with van der Waals surface area (Å²) < 4.78 is 32.6. The minimum absolute atomic E-state index is 0.0508. The second-order valence-electron chi connectivity index (χ2n) is 5.64. The Bertz CT molecular complexity index is 830. The molecule has 1 atom stereocenters. The van der Waals surface area contributed by atoms with E-state index in [-0.39, 0.29) is 10.8 Å². The van der Waals surface area contributed by atoms with Gasteiger partial charge < -0.3 is 9.52 Å². The van der Waals surface area contributed by atoms with Crippen LogP contribution >= 0.6 is 11.8 Å². The molecule has 132 valence electrons. The van der Waals surface area contributed by atoms with E-state index in [4.69, 9.17) is 9.52 Å². The Morgan fingerprint density at radius 2 is 2.12 bits per heavy atom. The van der Waals surface area contributed by atoms with Crippen molar-refractivity contribution in [1.82, 2.24) is 9.71 Å². The third-order valence-electron chi connectivity index (χ3n) is 3.30. The van der Waals surface area contributed by atoms with E-state index in [0.717, 1.165) is 12.2 Å². The zero-order valence-electron chi connectivity index (χ0n) is 13.6. The molecule has 1 heterocycles. The van der Waals surface area contributed by atoms with Crippen LogP contribution in [-0.2, 0) is 14.8 Å². The number of hydrogen-bond acceptors (Lipinski definition) is 6. The number of oxazole rings is 1. The number of carboxylic acid groups (broad SMARTS) is 1. The summed E-state index contributed by atoms with van der Waals surface area (Å²) in [6.07, 6.45) is 0.971. The minimum atomic E-state index is -3.97. The molecule has 24 heavy (non-hydrogen) atoms. The van der Waals surface area contributed by atoms with Gasteiger partial charge in [-0.1, -0.05) is 32.5 Å². The van der Waals surface area contributed by atoms with Gasteiger partial charge >= 0.3 is 5.97 Å². The van der Waals surface area contributed by atoms with Gasteiger partial charge in [0.15, 0.2) is 5.58 Å².